The van der Waals surface area contributed by atoms with Crippen molar-refractivity contribution in [1.29, 1.82) is 0 Å². The number of oxime groups is 2. The molecule has 0 radical (unpaired) electrons. The summed E-state index contributed by atoms with van der Waals surface area (Å²) in [6.07, 6.45) is -0.0623. The number of nitrogens with one attached hydrogen (secondary N) is 2. The van der Waals surface area contributed by atoms with E-state index in [4.69, 9.17) is 62.0 Å². The minimum absolute atomic E-state index is 0.00239. The number of rotatable bonds is 7. The van der Waals surface area contributed by atoms with Crippen LogP contribution < -0.4 is 22.0 Å². The zero-order chi connectivity index (χ0) is 42.0. The van der Waals surface area contributed by atoms with Gasteiger partial charge in [0.25, 0.3) is 0 Å². The van der Waals surface area contributed by atoms with Crippen molar-refractivity contribution in [3.8, 4) is 5.69 Å². The fourth-order valence-corrected chi connectivity index (χ4v) is 5.87. The van der Waals surface area contributed by atoms with Gasteiger partial charge in [-0.1, -0.05) is 33.5 Å². The number of carboxylic acids is 1. The zero-order valence-electron chi connectivity index (χ0n) is 30.7. The van der Waals surface area contributed by atoms with Crippen LogP contribution in [0.5, 0.6) is 0 Å². The molecule has 2 aromatic carbocycles. The molecule has 2 atom stereocenters. The van der Waals surface area contributed by atoms with Crippen LogP contribution in [0.1, 0.15) is 44.7 Å². The number of urea groups is 1. The smallest absolute Gasteiger partial charge is 0.353 e. The molecule has 2 amide bonds. The first-order chi connectivity index (χ1) is 26.1. The van der Waals surface area contributed by atoms with Crippen LogP contribution in [0.4, 0.5) is 19.3 Å². The van der Waals surface area contributed by atoms with Gasteiger partial charge in [0.1, 0.15) is 11.6 Å². The van der Waals surface area contributed by atoms with Gasteiger partial charge in [-0.3, -0.25) is 14.0 Å². The SMILES string of the molecule is CCOC(=O)C1(C)CC(c2cc(-n3c(=O)n(C)c(=S)n(C)c3=O)c(F)cc2Cl)=NO1.CNC(=S)N(C)C(=O)Nc1cc(C2=NOC(C)(C(=O)O)C2)c(Cl)cc1F. The summed E-state index contributed by atoms with van der Waals surface area (Å²) in [4.78, 5) is 72.1. The molecule has 23 heteroatoms. The summed E-state index contributed by atoms with van der Waals surface area (Å²) in [5, 5.41) is 21.9. The largest absolute Gasteiger partial charge is 0.478 e. The second-order valence-electron chi connectivity index (χ2n) is 12.5. The van der Waals surface area contributed by atoms with Gasteiger partial charge in [0.2, 0.25) is 11.2 Å². The zero-order valence-corrected chi connectivity index (χ0v) is 33.8. The van der Waals surface area contributed by atoms with E-state index in [1.165, 1.54) is 47.1 Å². The van der Waals surface area contributed by atoms with Crippen LogP contribution in [-0.2, 0) is 38.1 Å². The van der Waals surface area contributed by atoms with Gasteiger partial charge in [-0.15, -0.1) is 0 Å². The summed E-state index contributed by atoms with van der Waals surface area (Å²) < 4.78 is 36.6. The summed E-state index contributed by atoms with van der Waals surface area (Å²) in [7, 11) is 5.70. The number of nitrogens with zero attached hydrogens (tertiary/aromatic N) is 6. The molecule has 2 aliphatic rings. The number of anilines is 1. The van der Waals surface area contributed by atoms with Crippen LogP contribution in [0.2, 0.25) is 10.0 Å². The molecule has 3 heterocycles. The lowest BCUT2D eigenvalue weighted by atomic mass is 9.95. The molecule has 3 N–H and O–H groups in total. The van der Waals surface area contributed by atoms with E-state index in [1.54, 1.807) is 14.0 Å². The number of hydrogen-bond donors (Lipinski definition) is 3. The Labute approximate surface area is 337 Å². The molecule has 17 nitrogen and oxygen atoms in total. The highest BCUT2D eigenvalue weighted by Crippen LogP contribution is 2.34. The van der Waals surface area contributed by atoms with Gasteiger partial charge in [-0.2, -0.15) is 0 Å². The van der Waals surface area contributed by atoms with Gasteiger partial charge >= 0.3 is 29.3 Å². The summed E-state index contributed by atoms with van der Waals surface area (Å²) in [6.45, 7) is 4.69. The number of ether oxygens (including phenoxy) is 1. The third-order valence-electron chi connectivity index (χ3n) is 8.43. The summed E-state index contributed by atoms with van der Waals surface area (Å²) >= 11 is 22.2. The first-order valence-electron chi connectivity index (χ1n) is 16.2. The Morgan fingerprint density at radius 3 is 1.96 bits per heavy atom. The van der Waals surface area contributed by atoms with Crippen LogP contribution in [0.15, 0.2) is 44.2 Å². The van der Waals surface area contributed by atoms with Crippen LogP contribution in [0, 0.1) is 16.4 Å². The molecule has 56 heavy (non-hydrogen) atoms. The number of benzene rings is 2. The van der Waals surface area contributed by atoms with Gasteiger partial charge in [-0.25, -0.2) is 37.3 Å². The predicted octanol–water partition coefficient (Wildman–Crippen LogP) is 4.26. The Morgan fingerprint density at radius 2 is 1.46 bits per heavy atom. The molecule has 5 rings (SSSR count). The lowest BCUT2D eigenvalue weighted by molar-refractivity contribution is -0.166. The second-order valence-corrected chi connectivity index (χ2v) is 14.1. The standard InChI is InChI=1S/C18H18ClFN4O5S.C15H16ClFN4O4S/c1-5-28-14(25)18(2)8-12(21-29-18)9-6-13(11(20)7-10(9)19)24-15(26)22(3)17(30)23(4)16(24)27;1-15(12(22)23)6-11(20-25-15)7-4-10(9(17)5-8(7)16)19-13(24)21(3)14(26)18-2/h6-7H,5,8H2,1-4H3;4-5H,6H2,1-3H3,(H,18,26)(H,19,24)(H,22,23). The van der Waals surface area contributed by atoms with Gasteiger partial charge in [0.15, 0.2) is 9.88 Å². The molecule has 0 saturated carbocycles. The minimum Gasteiger partial charge on any atom is -0.478 e. The van der Waals surface area contributed by atoms with E-state index >= 15 is 0 Å². The number of carbonyl (C=O) groups excluding carboxylic acids is 2. The number of halogens is 4. The molecule has 1 aromatic heterocycles. The van der Waals surface area contributed by atoms with Crippen LogP contribution >= 0.6 is 47.6 Å². The Morgan fingerprint density at radius 1 is 0.964 bits per heavy atom. The number of thiocarbonyl (C=S) groups is 1. The monoisotopic (exact) mass is 858 g/mol. The summed E-state index contributed by atoms with van der Waals surface area (Å²) in [6, 6.07) is 3.77. The number of esters is 1. The van der Waals surface area contributed by atoms with E-state index < -0.39 is 52.2 Å². The van der Waals surface area contributed by atoms with Crippen molar-refractivity contribution in [2.75, 3.05) is 26.0 Å². The maximum atomic E-state index is 14.7. The van der Waals surface area contributed by atoms with Crippen LogP contribution in [0.25, 0.3) is 5.69 Å². The highest BCUT2D eigenvalue weighted by molar-refractivity contribution is 7.80. The lowest BCUT2D eigenvalue weighted by Gasteiger charge is -2.19. The summed E-state index contributed by atoms with van der Waals surface area (Å²) in [5.74, 6) is -3.46. The average molecular weight is 860 g/mol. The van der Waals surface area contributed by atoms with Crippen molar-refractivity contribution in [1.82, 2.24) is 23.9 Å². The quantitative estimate of drug-likeness (QED) is 0.226. The minimum atomic E-state index is -1.53. The van der Waals surface area contributed by atoms with Crippen LogP contribution in [-0.4, -0.2) is 90.1 Å². The van der Waals surface area contributed by atoms with Gasteiger partial charge < -0.3 is 30.2 Å². The lowest BCUT2D eigenvalue weighted by Crippen LogP contribution is -2.44. The van der Waals surface area contributed by atoms with Crippen molar-refractivity contribution in [2.45, 2.75) is 44.8 Å². The Kier molecular flexibility index (Phi) is 13.1. The van der Waals surface area contributed by atoms with E-state index in [0.717, 1.165) is 26.2 Å². The molecule has 2 aliphatic heterocycles. The van der Waals surface area contributed by atoms with Gasteiger partial charge in [0.05, 0.1) is 39.5 Å². The van der Waals surface area contributed by atoms with E-state index in [-0.39, 0.29) is 73.3 Å². The highest BCUT2D eigenvalue weighted by Gasteiger charge is 2.45. The number of aromatic nitrogens is 3. The molecule has 0 fully saturated rings. The molecular weight excluding hydrogens is 825 g/mol. The molecular formula is C33H34Cl2F2N8O9S2. The normalized spacial score (nSPS) is 18.3. The first-order valence-corrected chi connectivity index (χ1v) is 17.7. The van der Waals surface area contributed by atoms with Crippen molar-refractivity contribution in [2.24, 2.45) is 24.4 Å². The molecule has 2 unspecified atom stereocenters. The Hall–Kier alpha value is -5.25. The maximum absolute atomic E-state index is 14.7. The van der Waals surface area contributed by atoms with Gasteiger partial charge in [0, 0.05) is 52.2 Å². The average Bonchev–Trinajstić information content (AvgIpc) is 3.75. The number of carboxylic acid groups (broad SMARTS) is 1. The Balaban J connectivity index is 0.000000251. The van der Waals surface area contributed by atoms with Crippen molar-refractivity contribution >= 4 is 87.8 Å². The number of aliphatic carboxylic acids is 1. The molecule has 3 aromatic rings. The number of amides is 2. The number of hydrogen-bond acceptors (Lipinski definition) is 12. The maximum Gasteiger partial charge on any atom is 0.353 e. The third kappa shape index (κ3) is 8.59. The molecule has 0 aliphatic carbocycles. The number of carbonyl (C=O) groups is 3. The predicted molar refractivity (Wildman–Crippen MR) is 207 cm³/mol. The van der Waals surface area contributed by atoms with Gasteiger partial charge in [-0.05, 0) is 69.5 Å². The van der Waals surface area contributed by atoms with E-state index in [9.17, 15) is 37.9 Å². The van der Waals surface area contributed by atoms with Crippen molar-refractivity contribution in [3.63, 3.8) is 0 Å². The fraction of sp³-hybridized carbons (Fsp3) is 0.364. The molecule has 0 spiro atoms. The summed E-state index contributed by atoms with van der Waals surface area (Å²) in [5.41, 5.74) is -4.10. The molecule has 300 valence electrons. The van der Waals surface area contributed by atoms with Crippen molar-refractivity contribution < 1.29 is 42.7 Å². The second kappa shape index (κ2) is 16.9. The van der Waals surface area contributed by atoms with E-state index in [1.807, 2.05) is 0 Å². The molecule has 0 bridgehead atoms. The van der Waals surface area contributed by atoms with Crippen molar-refractivity contribution in [3.05, 3.63) is 82.8 Å². The van der Waals surface area contributed by atoms with E-state index in [2.05, 4.69) is 20.9 Å². The third-order valence-corrected chi connectivity index (χ3v) is 10.1. The fourth-order valence-electron chi connectivity index (χ4n) is 5.11. The Bertz CT molecular complexity index is 2360. The highest BCUT2D eigenvalue weighted by atomic mass is 35.5. The first kappa shape index (κ1) is 43.5. The topological polar surface area (TPSA) is 200 Å². The van der Waals surface area contributed by atoms with E-state index in [0.29, 0.717) is 4.57 Å². The van der Waals surface area contributed by atoms with Crippen LogP contribution in [0.3, 0.4) is 0 Å². The molecule has 0 saturated heterocycles.